The van der Waals surface area contributed by atoms with Crippen LogP contribution in [0.4, 0.5) is 0 Å². The summed E-state index contributed by atoms with van der Waals surface area (Å²) in [5.41, 5.74) is 1.52. The van der Waals surface area contributed by atoms with Crippen LogP contribution >= 0.6 is 23.5 Å². The van der Waals surface area contributed by atoms with Gasteiger partial charge >= 0.3 is 0 Å². The van der Waals surface area contributed by atoms with Gasteiger partial charge in [0.25, 0.3) is 0 Å². The predicted molar refractivity (Wildman–Crippen MR) is 87.2 cm³/mol. The van der Waals surface area contributed by atoms with Crippen LogP contribution in [0.2, 0.25) is 0 Å². The van der Waals surface area contributed by atoms with Crippen LogP contribution in [-0.4, -0.2) is 23.3 Å². The molecule has 1 N–H and O–H groups in total. The highest BCUT2D eigenvalue weighted by atomic mass is 32.2. The van der Waals surface area contributed by atoms with Crippen molar-refractivity contribution in [2.24, 2.45) is 0 Å². The van der Waals surface area contributed by atoms with Gasteiger partial charge in [-0.25, -0.2) is 0 Å². The summed E-state index contributed by atoms with van der Waals surface area (Å²) in [6.45, 7) is 1.18. The molecule has 2 aliphatic rings. The number of fused-ring (bicyclic) bond motifs is 1. The standard InChI is InChI=1S/C16H23NS2/c1-18-16(9-4-5-10-16)12-17-14-8-11-19-15-7-3-2-6-13(14)15/h2-3,6-7,14,17H,4-5,8-12H2,1H3. The highest BCUT2D eigenvalue weighted by Crippen LogP contribution is 2.41. The van der Waals surface area contributed by atoms with Crippen LogP contribution in [0, 0.1) is 0 Å². The fourth-order valence-corrected chi connectivity index (χ4v) is 5.39. The van der Waals surface area contributed by atoms with E-state index in [4.69, 9.17) is 0 Å². The van der Waals surface area contributed by atoms with E-state index in [1.54, 1.807) is 0 Å². The molecule has 1 unspecified atom stereocenters. The maximum atomic E-state index is 3.88. The Labute approximate surface area is 125 Å². The monoisotopic (exact) mass is 293 g/mol. The molecule has 19 heavy (non-hydrogen) atoms. The molecule has 0 amide bonds. The van der Waals surface area contributed by atoms with E-state index in [1.807, 2.05) is 11.8 Å². The van der Waals surface area contributed by atoms with Gasteiger partial charge in [-0.2, -0.15) is 11.8 Å². The second kappa shape index (κ2) is 6.11. The molecule has 3 rings (SSSR count). The van der Waals surface area contributed by atoms with Crippen LogP contribution in [0.25, 0.3) is 0 Å². The summed E-state index contributed by atoms with van der Waals surface area (Å²) >= 11 is 4.09. The minimum atomic E-state index is 0.513. The minimum absolute atomic E-state index is 0.513. The van der Waals surface area contributed by atoms with E-state index in [0.29, 0.717) is 10.8 Å². The van der Waals surface area contributed by atoms with Crippen molar-refractivity contribution < 1.29 is 0 Å². The van der Waals surface area contributed by atoms with E-state index in [2.05, 4.69) is 47.6 Å². The third-order valence-electron chi connectivity index (χ3n) is 4.58. The molecule has 1 fully saturated rings. The molecular weight excluding hydrogens is 270 g/mol. The van der Waals surface area contributed by atoms with Crippen molar-refractivity contribution in [3.8, 4) is 0 Å². The normalized spacial score (nSPS) is 25.2. The zero-order valence-corrected chi connectivity index (χ0v) is 13.3. The minimum Gasteiger partial charge on any atom is -0.308 e. The van der Waals surface area contributed by atoms with Crippen LogP contribution in [0.15, 0.2) is 29.2 Å². The second-order valence-corrected chi connectivity index (χ2v) is 8.11. The average Bonchev–Trinajstić information content (AvgIpc) is 2.94. The molecule has 0 radical (unpaired) electrons. The lowest BCUT2D eigenvalue weighted by molar-refractivity contribution is 0.453. The van der Waals surface area contributed by atoms with Gasteiger partial charge in [-0.3, -0.25) is 0 Å². The molecule has 0 bridgehead atoms. The van der Waals surface area contributed by atoms with Crippen molar-refractivity contribution in [1.29, 1.82) is 0 Å². The summed E-state index contributed by atoms with van der Waals surface area (Å²) in [5, 5.41) is 3.88. The first-order valence-corrected chi connectivity index (χ1v) is 9.54. The Kier molecular flexibility index (Phi) is 4.45. The quantitative estimate of drug-likeness (QED) is 0.878. The van der Waals surface area contributed by atoms with E-state index in [1.165, 1.54) is 54.9 Å². The molecule has 1 atom stereocenters. The van der Waals surface area contributed by atoms with Gasteiger partial charge in [0.1, 0.15) is 0 Å². The maximum absolute atomic E-state index is 3.88. The summed E-state index contributed by atoms with van der Waals surface area (Å²) in [6, 6.07) is 9.49. The molecule has 0 aromatic heterocycles. The second-order valence-electron chi connectivity index (χ2n) is 5.70. The summed E-state index contributed by atoms with van der Waals surface area (Å²) < 4.78 is 0.513. The van der Waals surface area contributed by atoms with Crippen molar-refractivity contribution in [3.05, 3.63) is 29.8 Å². The van der Waals surface area contributed by atoms with Gasteiger partial charge in [0.2, 0.25) is 0 Å². The first-order valence-electron chi connectivity index (χ1n) is 7.33. The predicted octanol–water partition coefficient (Wildman–Crippen LogP) is 4.49. The van der Waals surface area contributed by atoms with Crippen LogP contribution in [-0.2, 0) is 0 Å². The highest BCUT2D eigenvalue weighted by Gasteiger charge is 2.33. The lowest BCUT2D eigenvalue weighted by Gasteiger charge is -2.32. The molecule has 1 nitrogen and oxygen atoms in total. The highest BCUT2D eigenvalue weighted by molar-refractivity contribution is 8.00. The van der Waals surface area contributed by atoms with Crippen LogP contribution < -0.4 is 5.32 Å². The maximum Gasteiger partial charge on any atom is 0.0339 e. The van der Waals surface area contributed by atoms with Crippen LogP contribution in [0.5, 0.6) is 0 Å². The van der Waals surface area contributed by atoms with Gasteiger partial charge in [-0.05, 0) is 42.9 Å². The van der Waals surface area contributed by atoms with Crippen molar-refractivity contribution in [2.75, 3.05) is 18.6 Å². The van der Waals surface area contributed by atoms with Gasteiger partial charge in [-0.1, -0.05) is 31.0 Å². The van der Waals surface area contributed by atoms with Crippen molar-refractivity contribution in [2.45, 2.75) is 47.8 Å². The SMILES string of the molecule is CSC1(CNC2CCSc3ccccc32)CCCC1. The van der Waals surface area contributed by atoms with Gasteiger partial charge in [-0.15, -0.1) is 11.8 Å². The Morgan fingerprint density at radius 1 is 1.32 bits per heavy atom. The summed E-state index contributed by atoms with van der Waals surface area (Å²) in [5.74, 6) is 1.25. The summed E-state index contributed by atoms with van der Waals surface area (Å²) in [7, 11) is 0. The fraction of sp³-hybridized carbons (Fsp3) is 0.625. The third kappa shape index (κ3) is 2.98. The van der Waals surface area contributed by atoms with E-state index < -0.39 is 0 Å². The van der Waals surface area contributed by atoms with Crippen LogP contribution in [0.3, 0.4) is 0 Å². The summed E-state index contributed by atoms with van der Waals surface area (Å²) in [6.07, 6.45) is 9.18. The first-order chi connectivity index (χ1) is 9.33. The molecule has 104 valence electrons. The van der Waals surface area contributed by atoms with Crippen LogP contribution in [0.1, 0.15) is 43.7 Å². The van der Waals surface area contributed by atoms with E-state index in [9.17, 15) is 0 Å². The van der Waals surface area contributed by atoms with Crippen molar-refractivity contribution >= 4 is 23.5 Å². The molecule has 1 aromatic carbocycles. The number of benzene rings is 1. The van der Waals surface area contributed by atoms with E-state index in [-0.39, 0.29) is 0 Å². The zero-order valence-electron chi connectivity index (χ0n) is 11.7. The van der Waals surface area contributed by atoms with E-state index in [0.717, 1.165) is 0 Å². The lowest BCUT2D eigenvalue weighted by atomic mass is 10.0. The Bertz CT molecular complexity index is 427. The first kappa shape index (κ1) is 13.8. The smallest absolute Gasteiger partial charge is 0.0339 e. The molecule has 1 heterocycles. The molecular formula is C16H23NS2. The Morgan fingerprint density at radius 3 is 2.89 bits per heavy atom. The van der Waals surface area contributed by atoms with Gasteiger partial charge in [0.05, 0.1) is 0 Å². The number of hydrogen-bond acceptors (Lipinski definition) is 3. The lowest BCUT2D eigenvalue weighted by Crippen LogP contribution is -2.38. The number of hydrogen-bond donors (Lipinski definition) is 1. The fourth-order valence-electron chi connectivity index (χ4n) is 3.34. The largest absolute Gasteiger partial charge is 0.308 e. The molecule has 3 heteroatoms. The Hall–Kier alpha value is -0.120. The third-order valence-corrected chi connectivity index (χ3v) is 7.12. The Balaban J connectivity index is 1.68. The van der Waals surface area contributed by atoms with Gasteiger partial charge in [0.15, 0.2) is 0 Å². The van der Waals surface area contributed by atoms with Crippen molar-refractivity contribution in [3.63, 3.8) is 0 Å². The molecule has 1 aliphatic carbocycles. The molecule has 1 aliphatic heterocycles. The number of rotatable bonds is 4. The van der Waals surface area contributed by atoms with E-state index >= 15 is 0 Å². The van der Waals surface area contributed by atoms with Crippen molar-refractivity contribution in [1.82, 2.24) is 5.32 Å². The molecule has 1 saturated carbocycles. The Morgan fingerprint density at radius 2 is 2.11 bits per heavy atom. The number of thioether (sulfide) groups is 2. The van der Waals surface area contributed by atoms with Gasteiger partial charge in [0, 0.05) is 22.2 Å². The number of nitrogens with one attached hydrogen (secondary N) is 1. The molecule has 0 saturated heterocycles. The topological polar surface area (TPSA) is 12.0 Å². The molecule has 0 spiro atoms. The zero-order chi connectivity index (χ0) is 13.1. The summed E-state index contributed by atoms with van der Waals surface area (Å²) in [4.78, 5) is 1.48. The average molecular weight is 294 g/mol. The molecule has 1 aromatic rings. The van der Waals surface area contributed by atoms with Gasteiger partial charge < -0.3 is 5.32 Å².